The van der Waals surface area contributed by atoms with Crippen molar-refractivity contribution in [1.82, 2.24) is 15.6 Å². The summed E-state index contributed by atoms with van der Waals surface area (Å²) < 4.78 is 0. The van der Waals surface area contributed by atoms with Crippen molar-refractivity contribution in [2.24, 2.45) is 5.92 Å². The van der Waals surface area contributed by atoms with Crippen LogP contribution in [0.3, 0.4) is 0 Å². The predicted molar refractivity (Wildman–Crippen MR) is 64.9 cm³/mol. The maximum atomic E-state index is 11.6. The summed E-state index contributed by atoms with van der Waals surface area (Å²) in [5.41, 5.74) is 1.09. The molecule has 0 fully saturated rings. The molecule has 3 N–H and O–H groups in total. The Morgan fingerprint density at radius 1 is 1.44 bits per heavy atom. The van der Waals surface area contributed by atoms with Crippen LogP contribution in [0, 0.1) is 5.92 Å². The van der Waals surface area contributed by atoms with Gasteiger partial charge in [0.2, 0.25) is 5.91 Å². The van der Waals surface area contributed by atoms with Gasteiger partial charge in [-0.1, -0.05) is 13.8 Å². The molecular formula is C12H21N3O. The molecule has 4 nitrogen and oxygen atoms in total. The van der Waals surface area contributed by atoms with Crippen LogP contribution in [-0.4, -0.2) is 23.5 Å². The van der Waals surface area contributed by atoms with Gasteiger partial charge >= 0.3 is 0 Å². The third-order valence-corrected chi connectivity index (χ3v) is 2.34. The Hall–Kier alpha value is -1.29. The van der Waals surface area contributed by atoms with Gasteiger partial charge < -0.3 is 15.6 Å². The molecule has 1 aromatic heterocycles. The Bertz CT molecular complexity index is 306. The predicted octanol–water partition coefficient (Wildman–Crippen LogP) is 1.26. The summed E-state index contributed by atoms with van der Waals surface area (Å²) in [5.74, 6) is 0.541. The third-order valence-electron chi connectivity index (χ3n) is 2.34. The lowest BCUT2D eigenvalue weighted by Gasteiger charge is -2.14. The standard InChI is InChI=1S/C12H21N3O/c1-9(2)7-15-12(16)10(3)14-8-11-5-4-6-13-11/h4-6,9-10,13-14H,7-8H2,1-3H3,(H,15,16). The summed E-state index contributed by atoms with van der Waals surface area (Å²) in [6.45, 7) is 7.45. The highest BCUT2D eigenvalue weighted by Crippen LogP contribution is 1.95. The van der Waals surface area contributed by atoms with E-state index < -0.39 is 0 Å². The number of nitrogens with one attached hydrogen (secondary N) is 3. The van der Waals surface area contributed by atoms with Crippen LogP contribution in [0.1, 0.15) is 26.5 Å². The van der Waals surface area contributed by atoms with E-state index in [1.807, 2.05) is 25.3 Å². The van der Waals surface area contributed by atoms with E-state index in [2.05, 4.69) is 29.5 Å². The van der Waals surface area contributed by atoms with Gasteiger partial charge in [-0.3, -0.25) is 4.79 Å². The van der Waals surface area contributed by atoms with E-state index in [4.69, 9.17) is 0 Å². The van der Waals surface area contributed by atoms with E-state index in [0.29, 0.717) is 12.5 Å². The Labute approximate surface area is 96.8 Å². The van der Waals surface area contributed by atoms with Crippen LogP contribution in [0.25, 0.3) is 0 Å². The normalized spacial score (nSPS) is 12.8. The van der Waals surface area contributed by atoms with Crippen LogP contribution >= 0.6 is 0 Å². The van der Waals surface area contributed by atoms with Crippen LogP contribution in [0.2, 0.25) is 0 Å². The maximum absolute atomic E-state index is 11.6. The SMILES string of the molecule is CC(C)CNC(=O)C(C)NCc1ccc[nH]1. The van der Waals surface area contributed by atoms with Crippen LogP contribution in [0.15, 0.2) is 18.3 Å². The Kier molecular flexibility index (Phi) is 5.05. The molecule has 0 radical (unpaired) electrons. The zero-order chi connectivity index (χ0) is 12.0. The highest BCUT2D eigenvalue weighted by Gasteiger charge is 2.11. The molecule has 1 aromatic rings. The Balaban J connectivity index is 2.23. The molecule has 0 aromatic carbocycles. The highest BCUT2D eigenvalue weighted by atomic mass is 16.2. The van der Waals surface area contributed by atoms with Gasteiger partial charge in [-0.05, 0) is 25.0 Å². The first kappa shape index (κ1) is 12.8. The third kappa shape index (κ3) is 4.49. The molecule has 90 valence electrons. The lowest BCUT2D eigenvalue weighted by Crippen LogP contribution is -2.43. The molecule has 1 rings (SSSR count). The molecule has 1 heterocycles. The Morgan fingerprint density at radius 3 is 2.75 bits per heavy atom. The van der Waals surface area contributed by atoms with E-state index in [1.54, 1.807) is 0 Å². The van der Waals surface area contributed by atoms with E-state index in [1.165, 1.54) is 0 Å². The van der Waals surface area contributed by atoms with Crippen molar-refractivity contribution in [1.29, 1.82) is 0 Å². The van der Waals surface area contributed by atoms with E-state index in [-0.39, 0.29) is 11.9 Å². The first-order valence-electron chi connectivity index (χ1n) is 5.73. The summed E-state index contributed by atoms with van der Waals surface area (Å²) in [6, 6.07) is 3.77. The average molecular weight is 223 g/mol. The van der Waals surface area contributed by atoms with Crippen molar-refractivity contribution in [3.05, 3.63) is 24.0 Å². The van der Waals surface area contributed by atoms with Gasteiger partial charge in [-0.15, -0.1) is 0 Å². The molecule has 1 atom stereocenters. The molecule has 0 spiro atoms. The second-order valence-electron chi connectivity index (χ2n) is 4.44. The van der Waals surface area contributed by atoms with Gasteiger partial charge in [0, 0.05) is 25.0 Å². The van der Waals surface area contributed by atoms with Crippen molar-refractivity contribution in [3.63, 3.8) is 0 Å². The molecule has 4 heteroatoms. The molecule has 0 bridgehead atoms. The lowest BCUT2D eigenvalue weighted by atomic mass is 10.2. The summed E-state index contributed by atoms with van der Waals surface area (Å²) >= 11 is 0. The molecule has 1 unspecified atom stereocenters. The monoisotopic (exact) mass is 223 g/mol. The molecule has 0 aliphatic carbocycles. The van der Waals surface area contributed by atoms with Crippen molar-refractivity contribution in [2.75, 3.05) is 6.54 Å². The zero-order valence-electron chi connectivity index (χ0n) is 10.2. The van der Waals surface area contributed by atoms with E-state index in [9.17, 15) is 4.79 Å². The molecule has 0 aliphatic rings. The van der Waals surface area contributed by atoms with Crippen LogP contribution in [0.4, 0.5) is 0 Å². The number of hydrogen-bond acceptors (Lipinski definition) is 2. The second-order valence-corrected chi connectivity index (χ2v) is 4.44. The number of rotatable bonds is 6. The van der Waals surface area contributed by atoms with Gasteiger partial charge in [0.1, 0.15) is 0 Å². The molecule has 0 saturated heterocycles. The van der Waals surface area contributed by atoms with Crippen LogP contribution < -0.4 is 10.6 Å². The van der Waals surface area contributed by atoms with Crippen molar-refractivity contribution < 1.29 is 4.79 Å². The first-order valence-corrected chi connectivity index (χ1v) is 5.73. The summed E-state index contributed by atoms with van der Waals surface area (Å²) in [5, 5.41) is 6.07. The Morgan fingerprint density at radius 2 is 2.19 bits per heavy atom. The quantitative estimate of drug-likeness (QED) is 0.680. The summed E-state index contributed by atoms with van der Waals surface area (Å²) in [4.78, 5) is 14.7. The van der Waals surface area contributed by atoms with Crippen LogP contribution in [-0.2, 0) is 11.3 Å². The number of carbonyl (C=O) groups excluding carboxylic acids is 1. The molecule has 1 amide bonds. The zero-order valence-corrected chi connectivity index (χ0v) is 10.2. The number of H-pyrrole nitrogens is 1. The maximum Gasteiger partial charge on any atom is 0.236 e. The molecule has 16 heavy (non-hydrogen) atoms. The van der Waals surface area contributed by atoms with Crippen molar-refractivity contribution in [3.8, 4) is 0 Å². The number of carbonyl (C=O) groups is 1. The smallest absolute Gasteiger partial charge is 0.236 e. The minimum Gasteiger partial charge on any atom is -0.364 e. The number of aromatic amines is 1. The fraction of sp³-hybridized carbons (Fsp3) is 0.583. The number of amides is 1. The first-order chi connectivity index (χ1) is 7.59. The van der Waals surface area contributed by atoms with Gasteiger partial charge in [0.25, 0.3) is 0 Å². The van der Waals surface area contributed by atoms with Gasteiger partial charge in [-0.25, -0.2) is 0 Å². The molecule has 0 aliphatic heterocycles. The largest absolute Gasteiger partial charge is 0.364 e. The fourth-order valence-corrected chi connectivity index (χ4v) is 1.29. The number of hydrogen-bond donors (Lipinski definition) is 3. The molecular weight excluding hydrogens is 202 g/mol. The van der Waals surface area contributed by atoms with Gasteiger partial charge in [0.15, 0.2) is 0 Å². The minimum absolute atomic E-state index is 0.0558. The summed E-state index contributed by atoms with van der Waals surface area (Å²) in [6.07, 6.45) is 1.88. The van der Waals surface area contributed by atoms with E-state index >= 15 is 0 Å². The average Bonchev–Trinajstić information content (AvgIpc) is 2.75. The minimum atomic E-state index is -0.165. The lowest BCUT2D eigenvalue weighted by molar-refractivity contribution is -0.122. The fourth-order valence-electron chi connectivity index (χ4n) is 1.29. The number of aromatic nitrogens is 1. The topological polar surface area (TPSA) is 56.9 Å². The van der Waals surface area contributed by atoms with E-state index in [0.717, 1.165) is 12.2 Å². The molecule has 0 saturated carbocycles. The van der Waals surface area contributed by atoms with Crippen molar-refractivity contribution >= 4 is 5.91 Å². The highest BCUT2D eigenvalue weighted by molar-refractivity contribution is 5.81. The van der Waals surface area contributed by atoms with Gasteiger partial charge in [0.05, 0.1) is 6.04 Å². The van der Waals surface area contributed by atoms with Crippen LogP contribution in [0.5, 0.6) is 0 Å². The van der Waals surface area contributed by atoms with Crippen molar-refractivity contribution in [2.45, 2.75) is 33.4 Å². The summed E-state index contributed by atoms with van der Waals surface area (Å²) in [7, 11) is 0. The van der Waals surface area contributed by atoms with Gasteiger partial charge in [-0.2, -0.15) is 0 Å². The second kappa shape index (κ2) is 6.33.